The van der Waals surface area contributed by atoms with Crippen LogP contribution in [0.4, 0.5) is 13.2 Å². The number of benzene rings is 1. The van der Waals surface area contributed by atoms with E-state index in [4.69, 9.17) is 11.0 Å². The van der Waals surface area contributed by atoms with Crippen LogP contribution >= 0.6 is 0 Å². The molecule has 0 radical (unpaired) electrons. The second kappa shape index (κ2) is 4.86. The first kappa shape index (κ1) is 13.9. The minimum absolute atomic E-state index is 0.487. The second-order valence-electron chi connectivity index (χ2n) is 5.05. The van der Waals surface area contributed by atoms with Crippen molar-refractivity contribution in [1.29, 1.82) is 5.26 Å². The van der Waals surface area contributed by atoms with Crippen LogP contribution in [0.25, 0.3) is 0 Å². The lowest BCUT2D eigenvalue weighted by Gasteiger charge is -2.32. The third-order valence-electron chi connectivity index (χ3n) is 4.02. The van der Waals surface area contributed by atoms with E-state index >= 15 is 0 Å². The Kier molecular flexibility index (Phi) is 3.55. The lowest BCUT2D eigenvalue weighted by molar-refractivity contribution is -0.137. The van der Waals surface area contributed by atoms with Gasteiger partial charge in [-0.1, -0.05) is 25.0 Å². The van der Waals surface area contributed by atoms with Crippen LogP contribution in [0.2, 0.25) is 0 Å². The molecule has 0 aromatic heterocycles. The predicted molar refractivity (Wildman–Crippen MR) is 65.2 cm³/mol. The van der Waals surface area contributed by atoms with Crippen LogP contribution in [0.1, 0.15) is 36.8 Å². The summed E-state index contributed by atoms with van der Waals surface area (Å²) in [5.41, 5.74) is 5.47. The zero-order valence-corrected chi connectivity index (χ0v) is 10.4. The number of hydrogen-bond donors (Lipinski definition) is 1. The first-order chi connectivity index (χ1) is 8.90. The highest BCUT2D eigenvalue weighted by atomic mass is 19.4. The predicted octanol–water partition coefficient (Wildman–Crippen LogP) is 3.37. The van der Waals surface area contributed by atoms with Crippen LogP contribution in [-0.2, 0) is 11.6 Å². The summed E-state index contributed by atoms with van der Waals surface area (Å²) in [4.78, 5) is 0. The third kappa shape index (κ3) is 2.45. The maximum absolute atomic E-state index is 12.5. The molecule has 2 nitrogen and oxygen atoms in total. The molecule has 0 bridgehead atoms. The van der Waals surface area contributed by atoms with E-state index in [0.717, 1.165) is 43.4 Å². The SMILES string of the molecule is N#CC(N)C1(c2ccc(C(F)(F)F)cc2)CCCC1. The van der Waals surface area contributed by atoms with E-state index in [-0.39, 0.29) is 0 Å². The van der Waals surface area contributed by atoms with Crippen LogP contribution in [0.5, 0.6) is 0 Å². The number of alkyl halides is 3. The van der Waals surface area contributed by atoms with Crippen LogP contribution in [0, 0.1) is 11.3 Å². The van der Waals surface area contributed by atoms with Crippen molar-refractivity contribution < 1.29 is 13.2 Å². The van der Waals surface area contributed by atoms with Crippen LogP contribution in [0.3, 0.4) is 0 Å². The molecule has 2 N–H and O–H groups in total. The normalized spacial score (nSPS) is 19.9. The van der Waals surface area contributed by atoms with E-state index in [2.05, 4.69) is 0 Å². The highest BCUT2D eigenvalue weighted by Gasteiger charge is 2.41. The summed E-state index contributed by atoms with van der Waals surface area (Å²) < 4.78 is 37.6. The molecule has 19 heavy (non-hydrogen) atoms. The van der Waals surface area contributed by atoms with Gasteiger partial charge in [0.2, 0.25) is 0 Å². The quantitative estimate of drug-likeness (QED) is 0.894. The van der Waals surface area contributed by atoms with Gasteiger partial charge in [-0.3, -0.25) is 0 Å². The molecule has 1 aromatic carbocycles. The average molecular weight is 268 g/mol. The molecule has 0 saturated heterocycles. The van der Waals surface area contributed by atoms with Gasteiger partial charge in [0.1, 0.15) is 6.04 Å². The molecule has 0 heterocycles. The lowest BCUT2D eigenvalue weighted by atomic mass is 9.73. The fraction of sp³-hybridized carbons (Fsp3) is 0.500. The van der Waals surface area contributed by atoms with E-state index in [9.17, 15) is 13.2 Å². The minimum Gasteiger partial charge on any atom is -0.315 e. The molecule has 102 valence electrons. The Bertz CT molecular complexity index is 479. The number of nitrogens with zero attached hydrogens (tertiary/aromatic N) is 1. The van der Waals surface area contributed by atoms with Crippen LogP contribution < -0.4 is 5.73 Å². The Morgan fingerprint density at radius 1 is 1.16 bits per heavy atom. The number of hydrogen-bond acceptors (Lipinski definition) is 2. The van der Waals surface area contributed by atoms with Crippen molar-refractivity contribution in [3.8, 4) is 6.07 Å². The zero-order valence-electron chi connectivity index (χ0n) is 10.4. The van der Waals surface area contributed by atoms with E-state index in [1.54, 1.807) is 0 Å². The number of rotatable bonds is 2. The van der Waals surface area contributed by atoms with E-state index in [1.807, 2.05) is 6.07 Å². The van der Waals surface area contributed by atoms with Gasteiger partial charge in [-0.05, 0) is 30.5 Å². The van der Waals surface area contributed by atoms with Crippen molar-refractivity contribution in [3.05, 3.63) is 35.4 Å². The molecule has 1 saturated carbocycles. The fourth-order valence-electron chi connectivity index (χ4n) is 2.90. The minimum atomic E-state index is -4.33. The first-order valence-electron chi connectivity index (χ1n) is 6.23. The number of nitriles is 1. The molecular weight excluding hydrogens is 253 g/mol. The Hall–Kier alpha value is -1.54. The Labute approximate surface area is 110 Å². The van der Waals surface area contributed by atoms with Gasteiger partial charge < -0.3 is 5.73 Å². The summed E-state index contributed by atoms with van der Waals surface area (Å²) in [6.45, 7) is 0. The van der Waals surface area contributed by atoms with E-state index < -0.39 is 23.2 Å². The topological polar surface area (TPSA) is 49.8 Å². The molecule has 0 aliphatic heterocycles. The zero-order chi connectivity index (χ0) is 14.1. The van der Waals surface area contributed by atoms with Crippen molar-refractivity contribution >= 4 is 0 Å². The summed E-state index contributed by atoms with van der Waals surface area (Å²) in [7, 11) is 0. The largest absolute Gasteiger partial charge is 0.416 e. The Balaban J connectivity index is 2.37. The second-order valence-corrected chi connectivity index (χ2v) is 5.05. The van der Waals surface area contributed by atoms with Gasteiger partial charge in [0.05, 0.1) is 11.6 Å². The molecule has 5 heteroatoms. The lowest BCUT2D eigenvalue weighted by Crippen LogP contribution is -2.42. The van der Waals surface area contributed by atoms with E-state index in [1.165, 1.54) is 12.1 Å². The monoisotopic (exact) mass is 268 g/mol. The Morgan fingerprint density at radius 3 is 2.11 bits per heavy atom. The van der Waals surface area contributed by atoms with E-state index in [0.29, 0.717) is 0 Å². The molecule has 1 unspecified atom stereocenters. The first-order valence-corrected chi connectivity index (χ1v) is 6.23. The maximum atomic E-state index is 12.5. The third-order valence-corrected chi connectivity index (χ3v) is 4.02. The van der Waals surface area contributed by atoms with Gasteiger partial charge in [0.15, 0.2) is 0 Å². The maximum Gasteiger partial charge on any atom is 0.416 e. The summed E-state index contributed by atoms with van der Waals surface area (Å²) in [6, 6.07) is 6.44. The molecule has 1 fully saturated rings. The molecule has 1 aliphatic rings. The summed E-state index contributed by atoms with van der Waals surface area (Å²) in [5, 5.41) is 9.05. The van der Waals surface area contributed by atoms with Gasteiger partial charge >= 0.3 is 6.18 Å². The molecule has 1 aliphatic carbocycles. The molecule has 2 rings (SSSR count). The molecule has 0 spiro atoms. The van der Waals surface area contributed by atoms with Crippen molar-refractivity contribution in [2.75, 3.05) is 0 Å². The van der Waals surface area contributed by atoms with Crippen molar-refractivity contribution in [1.82, 2.24) is 0 Å². The smallest absolute Gasteiger partial charge is 0.315 e. The van der Waals surface area contributed by atoms with Gasteiger partial charge in [-0.15, -0.1) is 0 Å². The molecule has 1 aromatic rings. The van der Waals surface area contributed by atoms with Gasteiger partial charge in [-0.25, -0.2) is 0 Å². The fourth-order valence-corrected chi connectivity index (χ4v) is 2.90. The van der Waals surface area contributed by atoms with Crippen molar-refractivity contribution in [2.24, 2.45) is 5.73 Å². The number of nitrogens with two attached hydrogens (primary N) is 1. The van der Waals surface area contributed by atoms with Crippen molar-refractivity contribution in [2.45, 2.75) is 43.3 Å². The summed E-state index contributed by atoms with van der Waals surface area (Å²) in [6.07, 6.45) is -0.911. The van der Waals surface area contributed by atoms with Crippen LogP contribution in [-0.4, -0.2) is 6.04 Å². The van der Waals surface area contributed by atoms with Crippen molar-refractivity contribution in [3.63, 3.8) is 0 Å². The van der Waals surface area contributed by atoms with Crippen LogP contribution in [0.15, 0.2) is 24.3 Å². The molecule has 0 amide bonds. The van der Waals surface area contributed by atoms with Gasteiger partial charge in [0.25, 0.3) is 0 Å². The summed E-state index contributed by atoms with van der Waals surface area (Å²) >= 11 is 0. The van der Waals surface area contributed by atoms with Gasteiger partial charge in [-0.2, -0.15) is 18.4 Å². The number of halogens is 3. The van der Waals surface area contributed by atoms with Gasteiger partial charge in [0, 0.05) is 5.41 Å². The summed E-state index contributed by atoms with van der Waals surface area (Å²) in [5.74, 6) is 0. The average Bonchev–Trinajstić information content (AvgIpc) is 2.87. The molecular formula is C14H15F3N2. The highest BCUT2D eigenvalue weighted by molar-refractivity contribution is 5.35. The Morgan fingerprint density at radius 2 is 1.68 bits per heavy atom. The standard InChI is InChI=1S/C14H15F3N2/c15-14(16,17)11-5-3-10(4-6-11)13(12(19)9-18)7-1-2-8-13/h3-6,12H,1-2,7-8,19H2. The highest BCUT2D eigenvalue weighted by Crippen LogP contribution is 2.43. The molecule has 1 atom stereocenters.